The number of imidazole rings is 1. The van der Waals surface area contributed by atoms with Gasteiger partial charge < -0.3 is 19.1 Å². The third kappa shape index (κ3) is 3.50. The van der Waals surface area contributed by atoms with Gasteiger partial charge in [0.25, 0.3) is 0 Å². The standard InChI is InChI=1S/C23H26F2N4O2/c24-17-4-3-16(20(25)5-17)11-31-19-8-27(9-19)22(30)29-12-23(13-29)6-18(7-23)28-10-21(26-14-28)15-1-2-15/h3-5,10,14-15,18-19H,1-2,6-9,11-13H2. The normalized spacial score (nSPS) is 22.9. The first-order chi connectivity index (χ1) is 15.0. The highest BCUT2D eigenvalue weighted by atomic mass is 19.1. The number of carbonyl (C=O) groups is 1. The quantitative estimate of drug-likeness (QED) is 0.730. The maximum absolute atomic E-state index is 13.7. The molecular formula is C23H26F2N4O2. The molecule has 1 spiro atoms. The Morgan fingerprint density at radius 1 is 1.16 bits per heavy atom. The van der Waals surface area contributed by atoms with Crippen LogP contribution in [-0.4, -0.2) is 57.7 Å². The minimum absolute atomic E-state index is 0.0699. The van der Waals surface area contributed by atoms with E-state index >= 15 is 0 Å². The molecule has 0 N–H and O–H groups in total. The van der Waals surface area contributed by atoms with Crippen LogP contribution >= 0.6 is 0 Å². The van der Waals surface area contributed by atoms with Crippen LogP contribution in [0.5, 0.6) is 0 Å². The minimum atomic E-state index is -0.601. The molecule has 2 saturated heterocycles. The number of benzene rings is 1. The second-order valence-corrected chi connectivity index (χ2v) is 9.79. The summed E-state index contributed by atoms with van der Waals surface area (Å²) in [5, 5.41) is 0. The molecule has 6 nitrogen and oxygen atoms in total. The van der Waals surface area contributed by atoms with Gasteiger partial charge in [-0.25, -0.2) is 18.6 Å². The summed E-state index contributed by atoms with van der Waals surface area (Å²) in [5.41, 5.74) is 1.85. The molecule has 2 aliphatic carbocycles. The fourth-order valence-electron chi connectivity index (χ4n) is 5.20. The van der Waals surface area contributed by atoms with Crippen LogP contribution in [0.15, 0.2) is 30.7 Å². The molecular weight excluding hydrogens is 402 g/mol. The van der Waals surface area contributed by atoms with Gasteiger partial charge in [0.05, 0.1) is 37.8 Å². The molecule has 4 aliphatic rings. The van der Waals surface area contributed by atoms with Crippen LogP contribution in [0.1, 0.15) is 48.9 Å². The Labute approximate surface area is 179 Å². The van der Waals surface area contributed by atoms with Crippen molar-refractivity contribution in [2.45, 2.75) is 50.4 Å². The van der Waals surface area contributed by atoms with Crippen LogP contribution < -0.4 is 0 Å². The summed E-state index contributed by atoms with van der Waals surface area (Å²) in [6.45, 7) is 2.79. The van der Waals surface area contributed by atoms with Gasteiger partial charge in [-0.2, -0.15) is 0 Å². The lowest BCUT2D eigenvalue weighted by Gasteiger charge is -2.60. The maximum atomic E-state index is 13.7. The number of halogens is 2. The number of carbonyl (C=O) groups excluding carboxylic acids is 1. The molecule has 1 aromatic heterocycles. The molecule has 0 unspecified atom stereocenters. The van der Waals surface area contributed by atoms with Crippen molar-refractivity contribution in [3.63, 3.8) is 0 Å². The van der Waals surface area contributed by atoms with E-state index in [9.17, 15) is 13.6 Å². The van der Waals surface area contributed by atoms with Crippen LogP contribution in [0.3, 0.4) is 0 Å². The maximum Gasteiger partial charge on any atom is 0.320 e. The summed E-state index contributed by atoms with van der Waals surface area (Å²) in [6, 6.07) is 4.07. The summed E-state index contributed by atoms with van der Waals surface area (Å²) < 4.78 is 34.6. The van der Waals surface area contributed by atoms with E-state index in [1.807, 2.05) is 11.2 Å². The average molecular weight is 428 g/mol. The predicted octanol–water partition coefficient (Wildman–Crippen LogP) is 3.70. The van der Waals surface area contributed by atoms with E-state index < -0.39 is 11.6 Å². The zero-order valence-corrected chi connectivity index (χ0v) is 17.3. The molecule has 0 radical (unpaired) electrons. The number of ether oxygens (including phenoxy) is 1. The van der Waals surface area contributed by atoms with Crippen molar-refractivity contribution in [3.8, 4) is 0 Å². The second kappa shape index (κ2) is 7.02. The summed E-state index contributed by atoms with van der Waals surface area (Å²) in [5.74, 6) is -0.512. The number of aromatic nitrogens is 2. The Balaban J connectivity index is 0.927. The fraction of sp³-hybridized carbons (Fsp3) is 0.565. The largest absolute Gasteiger partial charge is 0.370 e. The van der Waals surface area contributed by atoms with Crippen molar-refractivity contribution in [1.29, 1.82) is 0 Å². The molecule has 31 heavy (non-hydrogen) atoms. The van der Waals surface area contributed by atoms with E-state index in [2.05, 4.69) is 15.7 Å². The van der Waals surface area contributed by atoms with Gasteiger partial charge in [0.15, 0.2) is 0 Å². The monoisotopic (exact) mass is 428 g/mol. The average Bonchev–Trinajstić information content (AvgIpc) is 3.38. The number of amides is 2. The van der Waals surface area contributed by atoms with E-state index in [1.165, 1.54) is 30.7 Å². The van der Waals surface area contributed by atoms with E-state index in [1.54, 1.807) is 4.90 Å². The van der Waals surface area contributed by atoms with Gasteiger partial charge in [-0.3, -0.25) is 0 Å². The van der Waals surface area contributed by atoms with Gasteiger partial charge in [0.2, 0.25) is 0 Å². The second-order valence-electron chi connectivity index (χ2n) is 9.79. The molecule has 8 heteroatoms. The van der Waals surface area contributed by atoms with Crippen molar-refractivity contribution < 1.29 is 18.3 Å². The van der Waals surface area contributed by atoms with Crippen LogP contribution in [0.2, 0.25) is 0 Å². The highest BCUT2D eigenvalue weighted by molar-refractivity contribution is 5.76. The van der Waals surface area contributed by atoms with Gasteiger partial charge in [-0.15, -0.1) is 0 Å². The summed E-state index contributed by atoms with van der Waals surface area (Å²) in [4.78, 5) is 20.9. The fourth-order valence-corrected chi connectivity index (χ4v) is 5.20. The minimum Gasteiger partial charge on any atom is -0.370 e. The zero-order valence-electron chi connectivity index (χ0n) is 17.3. The van der Waals surface area contributed by atoms with Crippen LogP contribution in [0.25, 0.3) is 0 Å². The van der Waals surface area contributed by atoms with Crippen molar-refractivity contribution in [1.82, 2.24) is 19.4 Å². The number of hydrogen-bond donors (Lipinski definition) is 0. The molecule has 0 bridgehead atoms. The molecule has 2 amide bonds. The Kier molecular flexibility index (Phi) is 4.35. The van der Waals surface area contributed by atoms with Gasteiger partial charge in [-0.05, 0) is 31.7 Å². The molecule has 164 valence electrons. The van der Waals surface area contributed by atoms with Crippen molar-refractivity contribution in [2.75, 3.05) is 26.2 Å². The Morgan fingerprint density at radius 2 is 1.94 bits per heavy atom. The van der Waals surface area contributed by atoms with Crippen molar-refractivity contribution in [2.24, 2.45) is 5.41 Å². The Bertz CT molecular complexity index is 1000. The Hall–Kier alpha value is -2.48. The number of likely N-dealkylation sites (tertiary alicyclic amines) is 2. The van der Waals surface area contributed by atoms with Crippen molar-refractivity contribution in [3.05, 3.63) is 53.6 Å². The molecule has 2 aromatic rings. The van der Waals surface area contributed by atoms with Crippen LogP contribution in [0.4, 0.5) is 13.6 Å². The lowest BCUT2D eigenvalue weighted by atomic mass is 9.60. The molecule has 1 aromatic carbocycles. The van der Waals surface area contributed by atoms with Crippen LogP contribution in [0, 0.1) is 17.0 Å². The van der Waals surface area contributed by atoms with E-state index in [4.69, 9.17) is 4.74 Å². The van der Waals surface area contributed by atoms with Crippen LogP contribution in [-0.2, 0) is 11.3 Å². The molecule has 2 aliphatic heterocycles. The number of rotatable bonds is 5. The predicted molar refractivity (Wildman–Crippen MR) is 108 cm³/mol. The molecule has 6 rings (SSSR count). The topological polar surface area (TPSA) is 50.6 Å². The van der Waals surface area contributed by atoms with Crippen molar-refractivity contribution >= 4 is 6.03 Å². The number of nitrogens with zero attached hydrogens (tertiary/aromatic N) is 4. The molecule has 0 atom stereocenters. The molecule has 3 heterocycles. The molecule has 2 saturated carbocycles. The third-order valence-electron chi connectivity index (χ3n) is 7.31. The summed E-state index contributed by atoms with van der Waals surface area (Å²) in [6.07, 6.45) is 8.87. The van der Waals surface area contributed by atoms with Gasteiger partial charge >= 0.3 is 6.03 Å². The highest BCUT2D eigenvalue weighted by Gasteiger charge is 2.55. The smallest absolute Gasteiger partial charge is 0.320 e. The first kappa shape index (κ1) is 19.2. The Morgan fingerprint density at radius 3 is 2.65 bits per heavy atom. The summed E-state index contributed by atoms with van der Waals surface area (Å²) >= 11 is 0. The number of hydrogen-bond acceptors (Lipinski definition) is 3. The van der Waals surface area contributed by atoms with Gasteiger partial charge in [0, 0.05) is 48.3 Å². The van der Waals surface area contributed by atoms with Gasteiger partial charge in [-0.1, -0.05) is 6.07 Å². The highest BCUT2D eigenvalue weighted by Crippen LogP contribution is 2.54. The first-order valence-electron chi connectivity index (χ1n) is 11.1. The third-order valence-corrected chi connectivity index (χ3v) is 7.31. The lowest BCUT2D eigenvalue weighted by Crippen LogP contribution is -2.68. The summed E-state index contributed by atoms with van der Waals surface area (Å²) in [7, 11) is 0. The van der Waals surface area contributed by atoms with Gasteiger partial charge in [0.1, 0.15) is 11.6 Å². The van der Waals surface area contributed by atoms with E-state index in [0.717, 1.165) is 32.0 Å². The first-order valence-corrected chi connectivity index (χ1v) is 11.1. The number of urea groups is 1. The molecule has 4 fully saturated rings. The van der Waals surface area contributed by atoms with E-state index in [-0.39, 0.29) is 24.2 Å². The SMILES string of the molecule is O=C(N1CC(OCc2ccc(F)cc2F)C1)N1CC2(CC(n3cnc(C4CC4)c3)C2)C1. The lowest BCUT2D eigenvalue weighted by molar-refractivity contribution is -0.0908. The zero-order chi connectivity index (χ0) is 21.2. The van der Waals surface area contributed by atoms with E-state index in [0.29, 0.717) is 30.6 Å².